The fourth-order valence-electron chi connectivity index (χ4n) is 1.57. The van der Waals surface area contributed by atoms with E-state index in [9.17, 15) is 4.79 Å². The molecule has 2 N–H and O–H groups in total. The molecule has 2 aromatic rings. The second-order valence-electron chi connectivity index (χ2n) is 3.96. The maximum Gasteiger partial charge on any atom is 0.271 e. The minimum absolute atomic E-state index is 0.237. The van der Waals surface area contributed by atoms with Crippen LogP contribution < -0.4 is 10.6 Å². The first-order valence-electron chi connectivity index (χ1n) is 6.05. The zero-order chi connectivity index (χ0) is 13.5. The summed E-state index contributed by atoms with van der Waals surface area (Å²) in [4.78, 5) is 15.2. The molecule has 0 radical (unpaired) electrons. The average Bonchev–Trinajstić information content (AvgIpc) is 2.96. The van der Waals surface area contributed by atoms with Gasteiger partial charge in [0, 0.05) is 32.5 Å². The molecule has 7 heteroatoms. The maximum atomic E-state index is 11.3. The molecule has 0 fully saturated rings. The highest BCUT2D eigenvalue weighted by Crippen LogP contribution is 2.02. The molecule has 0 aliphatic heterocycles. The number of rotatable bonds is 6. The lowest BCUT2D eigenvalue weighted by atomic mass is 10.3. The fourth-order valence-corrected chi connectivity index (χ4v) is 1.57. The Labute approximate surface area is 111 Å². The predicted octanol–water partition coefficient (Wildman–Crippen LogP) is 0.535. The molecule has 1 amide bonds. The summed E-state index contributed by atoms with van der Waals surface area (Å²) in [6.07, 6.45) is 6.43. The lowest BCUT2D eigenvalue weighted by Gasteiger charge is -2.05. The Hall–Kier alpha value is -2.44. The summed E-state index contributed by atoms with van der Waals surface area (Å²) < 4.78 is 2.02. The predicted molar refractivity (Wildman–Crippen MR) is 70.8 cm³/mol. The zero-order valence-electron chi connectivity index (χ0n) is 10.7. The third-order valence-electron chi connectivity index (χ3n) is 2.58. The molecule has 0 spiro atoms. The quantitative estimate of drug-likeness (QED) is 0.740. The summed E-state index contributed by atoms with van der Waals surface area (Å²) in [5.41, 5.74) is 0.312. The van der Waals surface area contributed by atoms with E-state index < -0.39 is 0 Å². The molecule has 0 saturated heterocycles. The van der Waals surface area contributed by atoms with Crippen molar-refractivity contribution in [2.75, 3.05) is 18.9 Å². The van der Waals surface area contributed by atoms with Crippen LogP contribution in [0.4, 0.5) is 5.82 Å². The van der Waals surface area contributed by atoms with E-state index in [0.717, 1.165) is 19.5 Å². The molecule has 2 heterocycles. The Balaban J connectivity index is 1.75. The number of nitrogens with one attached hydrogen (secondary N) is 2. The van der Waals surface area contributed by atoms with Crippen LogP contribution in [-0.2, 0) is 6.54 Å². The van der Waals surface area contributed by atoms with Crippen LogP contribution in [0.5, 0.6) is 0 Å². The monoisotopic (exact) mass is 260 g/mol. The van der Waals surface area contributed by atoms with Crippen LogP contribution >= 0.6 is 0 Å². The Bertz CT molecular complexity index is 508. The molecule has 100 valence electrons. The second kappa shape index (κ2) is 6.48. The lowest BCUT2D eigenvalue weighted by molar-refractivity contribution is 0.0957. The molecule has 0 aliphatic rings. The number of carbonyl (C=O) groups is 1. The van der Waals surface area contributed by atoms with Gasteiger partial charge in [-0.05, 0) is 18.6 Å². The van der Waals surface area contributed by atoms with E-state index in [1.165, 1.54) is 0 Å². The number of nitrogens with zero attached hydrogens (tertiary/aromatic N) is 4. The van der Waals surface area contributed by atoms with Crippen molar-refractivity contribution in [1.29, 1.82) is 0 Å². The van der Waals surface area contributed by atoms with Crippen molar-refractivity contribution >= 4 is 11.7 Å². The molecular formula is C12H16N6O. The highest BCUT2D eigenvalue weighted by molar-refractivity contribution is 5.91. The highest BCUT2D eigenvalue weighted by atomic mass is 16.1. The Kier molecular flexibility index (Phi) is 4.44. The van der Waals surface area contributed by atoms with Crippen molar-refractivity contribution in [1.82, 2.24) is 25.1 Å². The third kappa shape index (κ3) is 3.77. The fraction of sp³-hybridized carbons (Fsp3) is 0.333. The number of carbonyl (C=O) groups excluding carboxylic acids is 1. The van der Waals surface area contributed by atoms with Gasteiger partial charge in [0.15, 0.2) is 5.69 Å². The number of aromatic nitrogens is 4. The third-order valence-corrected chi connectivity index (χ3v) is 2.58. The van der Waals surface area contributed by atoms with Gasteiger partial charge in [-0.25, -0.2) is 4.98 Å². The molecule has 0 atom stereocenters. The Morgan fingerprint density at radius 3 is 2.89 bits per heavy atom. The zero-order valence-corrected chi connectivity index (χ0v) is 10.7. The molecule has 0 aliphatic carbocycles. The maximum absolute atomic E-state index is 11.3. The molecule has 0 saturated carbocycles. The van der Waals surface area contributed by atoms with Crippen molar-refractivity contribution in [3.63, 3.8) is 0 Å². The summed E-state index contributed by atoms with van der Waals surface area (Å²) in [6.45, 7) is 1.68. The number of hydrogen-bond acceptors (Lipinski definition) is 5. The SMILES string of the molecule is CNC(=O)c1ccc(NCCCn2ccnc2)nn1. The van der Waals surface area contributed by atoms with Gasteiger partial charge in [0.25, 0.3) is 5.91 Å². The summed E-state index contributed by atoms with van der Waals surface area (Å²) in [5.74, 6) is 0.428. The van der Waals surface area contributed by atoms with E-state index in [-0.39, 0.29) is 5.91 Å². The molecule has 2 aromatic heterocycles. The largest absolute Gasteiger partial charge is 0.369 e. The minimum atomic E-state index is -0.237. The highest BCUT2D eigenvalue weighted by Gasteiger charge is 2.04. The van der Waals surface area contributed by atoms with Gasteiger partial charge in [-0.3, -0.25) is 4.79 Å². The van der Waals surface area contributed by atoms with Crippen LogP contribution in [-0.4, -0.2) is 39.2 Å². The van der Waals surface area contributed by atoms with E-state index in [0.29, 0.717) is 11.5 Å². The van der Waals surface area contributed by atoms with Crippen LogP contribution in [0.15, 0.2) is 30.9 Å². The van der Waals surface area contributed by atoms with Crippen molar-refractivity contribution in [3.05, 3.63) is 36.5 Å². The van der Waals surface area contributed by atoms with Gasteiger partial charge in [-0.15, -0.1) is 10.2 Å². The van der Waals surface area contributed by atoms with Gasteiger partial charge in [-0.1, -0.05) is 0 Å². The molecule has 0 aromatic carbocycles. The van der Waals surface area contributed by atoms with Crippen molar-refractivity contribution in [2.45, 2.75) is 13.0 Å². The Morgan fingerprint density at radius 1 is 1.37 bits per heavy atom. The van der Waals surface area contributed by atoms with Gasteiger partial charge in [0.1, 0.15) is 5.82 Å². The van der Waals surface area contributed by atoms with Crippen molar-refractivity contribution < 1.29 is 4.79 Å². The van der Waals surface area contributed by atoms with Crippen LogP contribution in [0.2, 0.25) is 0 Å². The summed E-state index contributed by atoms with van der Waals surface area (Å²) in [5, 5.41) is 13.4. The van der Waals surface area contributed by atoms with Gasteiger partial charge >= 0.3 is 0 Å². The Morgan fingerprint density at radius 2 is 2.26 bits per heavy atom. The molecule has 7 nitrogen and oxygen atoms in total. The summed E-state index contributed by atoms with van der Waals surface area (Å²) >= 11 is 0. The molecule has 0 bridgehead atoms. The number of anilines is 1. The molecular weight excluding hydrogens is 244 g/mol. The van der Waals surface area contributed by atoms with Crippen molar-refractivity contribution in [2.24, 2.45) is 0 Å². The molecule has 0 unspecified atom stereocenters. The standard InChI is InChI=1S/C12H16N6O/c1-13-12(19)10-3-4-11(17-16-10)15-5-2-7-18-8-6-14-9-18/h3-4,6,8-9H,2,5,7H2,1H3,(H,13,19)(H,15,17). The van der Waals surface area contributed by atoms with E-state index in [1.54, 1.807) is 31.7 Å². The first-order valence-corrected chi connectivity index (χ1v) is 6.05. The average molecular weight is 260 g/mol. The minimum Gasteiger partial charge on any atom is -0.369 e. The van der Waals surface area contributed by atoms with Crippen LogP contribution in [0, 0.1) is 0 Å². The molecule has 2 rings (SSSR count). The lowest BCUT2D eigenvalue weighted by Crippen LogP contribution is -2.19. The van der Waals surface area contributed by atoms with E-state index >= 15 is 0 Å². The van der Waals surface area contributed by atoms with E-state index in [1.807, 2.05) is 10.8 Å². The number of aryl methyl sites for hydroxylation is 1. The number of hydrogen-bond donors (Lipinski definition) is 2. The summed E-state index contributed by atoms with van der Waals surface area (Å²) in [6, 6.07) is 3.39. The normalized spacial score (nSPS) is 10.2. The number of imidazole rings is 1. The second-order valence-corrected chi connectivity index (χ2v) is 3.96. The number of amides is 1. The van der Waals surface area contributed by atoms with Crippen molar-refractivity contribution in [3.8, 4) is 0 Å². The van der Waals surface area contributed by atoms with Gasteiger partial charge in [0.05, 0.1) is 6.33 Å². The molecule has 19 heavy (non-hydrogen) atoms. The summed E-state index contributed by atoms with van der Waals surface area (Å²) in [7, 11) is 1.56. The van der Waals surface area contributed by atoms with Crippen LogP contribution in [0.3, 0.4) is 0 Å². The van der Waals surface area contributed by atoms with Gasteiger partial charge in [0.2, 0.25) is 0 Å². The van der Waals surface area contributed by atoms with Crippen LogP contribution in [0.25, 0.3) is 0 Å². The smallest absolute Gasteiger partial charge is 0.271 e. The first-order chi connectivity index (χ1) is 9.29. The first kappa shape index (κ1) is 13.0. The van der Waals surface area contributed by atoms with E-state index in [2.05, 4.69) is 25.8 Å². The van der Waals surface area contributed by atoms with E-state index in [4.69, 9.17) is 0 Å². The van der Waals surface area contributed by atoms with Crippen LogP contribution in [0.1, 0.15) is 16.9 Å². The van der Waals surface area contributed by atoms with Gasteiger partial charge in [-0.2, -0.15) is 0 Å². The topological polar surface area (TPSA) is 84.7 Å². The van der Waals surface area contributed by atoms with Gasteiger partial charge < -0.3 is 15.2 Å².